The predicted octanol–water partition coefficient (Wildman–Crippen LogP) is 3.08. The van der Waals surface area contributed by atoms with Crippen LogP contribution in [0.3, 0.4) is 0 Å². The Labute approximate surface area is 152 Å². The number of nitrogens with zero attached hydrogens (tertiary/aromatic N) is 2. The number of cyclic esters (lactones) is 1. The topological polar surface area (TPSA) is 80.8 Å². The van der Waals surface area contributed by atoms with Gasteiger partial charge in [-0.1, -0.05) is 6.07 Å². The third-order valence-corrected chi connectivity index (χ3v) is 6.35. The van der Waals surface area contributed by atoms with Crippen molar-refractivity contribution in [3.63, 3.8) is 0 Å². The normalized spacial score (nSPS) is 18.9. The van der Waals surface area contributed by atoms with E-state index in [1.807, 2.05) is 22.9 Å². The van der Waals surface area contributed by atoms with E-state index in [1.165, 1.54) is 0 Å². The number of likely N-dealkylation sites (tertiary alicyclic amines) is 1. The number of carbonyl (C=O) groups is 2. The summed E-state index contributed by atoms with van der Waals surface area (Å²) in [6.45, 7) is 1.77. The van der Waals surface area contributed by atoms with Crippen LogP contribution in [0.4, 0.5) is 9.59 Å². The summed E-state index contributed by atoms with van der Waals surface area (Å²) in [4.78, 5) is 30.9. The summed E-state index contributed by atoms with van der Waals surface area (Å²) >= 11 is 3.23. The summed E-state index contributed by atoms with van der Waals surface area (Å²) in [5, 5.41) is 7.87. The van der Waals surface area contributed by atoms with E-state index in [4.69, 9.17) is 9.47 Å². The van der Waals surface area contributed by atoms with Crippen LogP contribution in [0.5, 0.6) is 0 Å². The van der Waals surface area contributed by atoms with Crippen LogP contribution in [0.1, 0.15) is 18.5 Å². The van der Waals surface area contributed by atoms with Crippen LogP contribution in [0.15, 0.2) is 22.9 Å². The standard InChI is InChI=1S/C16H17N3O4S2/c20-14(19-5-3-16(4-6-19)10-22-15(21)23-16)17-8-11-9-25-13(18-11)12-2-1-7-24-12/h1-2,7,9H,3-6,8,10H2,(H,17,20). The number of ether oxygens (including phenoxy) is 2. The Balaban J connectivity index is 1.28. The lowest BCUT2D eigenvalue weighted by atomic mass is 9.92. The maximum atomic E-state index is 12.3. The molecular weight excluding hydrogens is 362 g/mol. The first kappa shape index (κ1) is 16.3. The molecule has 1 N–H and O–H groups in total. The van der Waals surface area contributed by atoms with E-state index in [2.05, 4.69) is 10.3 Å². The molecule has 0 saturated carbocycles. The highest BCUT2D eigenvalue weighted by atomic mass is 32.1. The van der Waals surface area contributed by atoms with Crippen molar-refractivity contribution in [1.82, 2.24) is 15.2 Å². The van der Waals surface area contributed by atoms with Crippen LogP contribution in [0.25, 0.3) is 9.88 Å². The van der Waals surface area contributed by atoms with Crippen LogP contribution < -0.4 is 5.32 Å². The lowest BCUT2D eigenvalue weighted by Crippen LogP contribution is -2.50. The first-order chi connectivity index (χ1) is 12.1. The van der Waals surface area contributed by atoms with E-state index in [0.29, 0.717) is 32.5 Å². The van der Waals surface area contributed by atoms with Gasteiger partial charge in [0.15, 0.2) is 5.60 Å². The van der Waals surface area contributed by atoms with Crippen LogP contribution in [0, 0.1) is 0 Å². The largest absolute Gasteiger partial charge is 0.509 e. The number of nitrogens with one attached hydrogen (secondary N) is 1. The van der Waals surface area contributed by atoms with Crippen LogP contribution in [-0.2, 0) is 16.0 Å². The highest BCUT2D eigenvalue weighted by Crippen LogP contribution is 2.31. The van der Waals surface area contributed by atoms with E-state index < -0.39 is 11.8 Å². The van der Waals surface area contributed by atoms with Crippen molar-refractivity contribution in [1.29, 1.82) is 0 Å². The molecule has 0 atom stereocenters. The van der Waals surface area contributed by atoms with Gasteiger partial charge in [0.25, 0.3) is 0 Å². The number of urea groups is 1. The molecular formula is C16H17N3O4S2. The van der Waals surface area contributed by atoms with Crippen molar-refractivity contribution in [2.24, 2.45) is 0 Å². The third-order valence-electron chi connectivity index (χ3n) is 4.42. The van der Waals surface area contributed by atoms with E-state index in [-0.39, 0.29) is 12.6 Å². The zero-order valence-electron chi connectivity index (χ0n) is 13.4. The monoisotopic (exact) mass is 379 g/mol. The number of aromatic nitrogens is 1. The van der Waals surface area contributed by atoms with Crippen molar-refractivity contribution < 1.29 is 19.1 Å². The maximum Gasteiger partial charge on any atom is 0.509 e. The van der Waals surface area contributed by atoms with Gasteiger partial charge in [-0.25, -0.2) is 14.6 Å². The highest BCUT2D eigenvalue weighted by molar-refractivity contribution is 7.20. The molecule has 2 amide bonds. The molecule has 25 heavy (non-hydrogen) atoms. The summed E-state index contributed by atoms with van der Waals surface area (Å²) in [6, 6.07) is 3.92. The van der Waals surface area contributed by atoms with Gasteiger partial charge >= 0.3 is 12.2 Å². The fourth-order valence-electron chi connectivity index (χ4n) is 2.97. The number of thiophene rings is 1. The van der Waals surface area contributed by atoms with E-state index in [0.717, 1.165) is 15.6 Å². The molecule has 2 aliphatic heterocycles. The van der Waals surface area contributed by atoms with Gasteiger partial charge in [0, 0.05) is 31.3 Å². The number of hydrogen-bond donors (Lipinski definition) is 1. The lowest BCUT2D eigenvalue weighted by Gasteiger charge is -2.36. The number of thiazole rings is 1. The Bertz CT molecular complexity index is 766. The van der Waals surface area contributed by atoms with Crippen molar-refractivity contribution in [3.05, 3.63) is 28.6 Å². The molecule has 0 aromatic carbocycles. The SMILES string of the molecule is O=C1OCC2(CCN(C(=O)NCc3csc(-c4cccs4)n3)CC2)O1. The predicted molar refractivity (Wildman–Crippen MR) is 93.6 cm³/mol. The maximum absolute atomic E-state index is 12.3. The van der Waals surface area contributed by atoms with E-state index >= 15 is 0 Å². The Morgan fingerprint density at radius 1 is 1.36 bits per heavy atom. The molecule has 132 valence electrons. The summed E-state index contributed by atoms with van der Waals surface area (Å²) in [7, 11) is 0. The second-order valence-electron chi connectivity index (χ2n) is 6.09. The quantitative estimate of drug-likeness (QED) is 0.829. The molecule has 0 aliphatic carbocycles. The number of rotatable bonds is 3. The smallest absolute Gasteiger partial charge is 0.430 e. The zero-order chi connectivity index (χ0) is 17.3. The summed E-state index contributed by atoms with van der Waals surface area (Å²) < 4.78 is 10.2. The molecule has 1 spiro atoms. The van der Waals surface area contributed by atoms with Crippen molar-refractivity contribution in [3.8, 4) is 9.88 Å². The molecule has 0 unspecified atom stereocenters. The number of carbonyl (C=O) groups excluding carboxylic acids is 2. The van der Waals surface area contributed by atoms with Crippen molar-refractivity contribution >= 4 is 34.9 Å². The minimum Gasteiger partial charge on any atom is -0.430 e. The average Bonchev–Trinajstić information content (AvgIpc) is 3.34. The van der Waals surface area contributed by atoms with Gasteiger partial charge in [-0.3, -0.25) is 0 Å². The van der Waals surface area contributed by atoms with Crippen LogP contribution >= 0.6 is 22.7 Å². The molecule has 7 nitrogen and oxygen atoms in total. The average molecular weight is 379 g/mol. The number of amides is 2. The first-order valence-corrected chi connectivity index (χ1v) is 9.76. The second kappa shape index (κ2) is 6.64. The highest BCUT2D eigenvalue weighted by Gasteiger charge is 2.45. The molecule has 9 heteroatoms. The Kier molecular flexibility index (Phi) is 4.34. The minimum atomic E-state index is -0.608. The second-order valence-corrected chi connectivity index (χ2v) is 7.90. The molecule has 2 aromatic rings. The molecule has 0 radical (unpaired) electrons. The van der Waals surface area contributed by atoms with Gasteiger partial charge in [0.05, 0.1) is 17.1 Å². The fraction of sp³-hybridized carbons (Fsp3) is 0.438. The van der Waals surface area contributed by atoms with Gasteiger partial charge in [0.2, 0.25) is 0 Å². The summed E-state index contributed by atoms with van der Waals surface area (Å²) in [5.74, 6) is 0. The van der Waals surface area contributed by atoms with Gasteiger partial charge in [-0.05, 0) is 11.4 Å². The zero-order valence-corrected chi connectivity index (χ0v) is 15.0. The third kappa shape index (κ3) is 3.47. The van der Waals surface area contributed by atoms with Gasteiger partial charge in [-0.15, -0.1) is 22.7 Å². The summed E-state index contributed by atoms with van der Waals surface area (Å²) in [5.41, 5.74) is 0.312. The van der Waals surface area contributed by atoms with Gasteiger partial charge in [-0.2, -0.15) is 0 Å². The molecule has 4 rings (SSSR count). The fourth-order valence-corrected chi connectivity index (χ4v) is 4.60. The van der Waals surface area contributed by atoms with Crippen LogP contribution in [-0.4, -0.2) is 47.4 Å². The Hall–Kier alpha value is -2.13. The lowest BCUT2D eigenvalue weighted by molar-refractivity contribution is 0.00933. The van der Waals surface area contributed by atoms with Crippen molar-refractivity contribution in [2.45, 2.75) is 25.0 Å². The molecule has 2 fully saturated rings. The number of hydrogen-bond acceptors (Lipinski definition) is 7. The molecule has 2 aliphatic rings. The number of piperidine rings is 1. The molecule has 4 heterocycles. The van der Waals surface area contributed by atoms with E-state index in [9.17, 15) is 9.59 Å². The summed E-state index contributed by atoms with van der Waals surface area (Å²) in [6.07, 6.45) is 0.597. The molecule has 2 saturated heterocycles. The minimum absolute atomic E-state index is 0.120. The first-order valence-electron chi connectivity index (χ1n) is 8.00. The Morgan fingerprint density at radius 2 is 2.20 bits per heavy atom. The van der Waals surface area contributed by atoms with Crippen molar-refractivity contribution in [2.75, 3.05) is 19.7 Å². The molecule has 0 bridgehead atoms. The van der Waals surface area contributed by atoms with Crippen LogP contribution in [0.2, 0.25) is 0 Å². The molecule has 2 aromatic heterocycles. The Morgan fingerprint density at radius 3 is 2.88 bits per heavy atom. The van der Waals surface area contributed by atoms with E-state index in [1.54, 1.807) is 27.6 Å². The van der Waals surface area contributed by atoms with Gasteiger partial charge < -0.3 is 19.7 Å². The van der Waals surface area contributed by atoms with Gasteiger partial charge in [0.1, 0.15) is 11.6 Å².